The molecular weight excluding hydrogens is 268 g/mol. The van der Waals surface area contributed by atoms with Gasteiger partial charge in [-0.25, -0.2) is 5.43 Å². The molecule has 1 aromatic carbocycles. The molecule has 3 rings (SSSR count). The number of nitrogens with zero attached hydrogens (tertiary/aromatic N) is 1. The number of amides is 2. The van der Waals surface area contributed by atoms with Crippen molar-refractivity contribution in [3.8, 4) is 0 Å². The van der Waals surface area contributed by atoms with Gasteiger partial charge >= 0.3 is 0 Å². The van der Waals surface area contributed by atoms with Crippen molar-refractivity contribution in [3.63, 3.8) is 0 Å². The second kappa shape index (κ2) is 5.78. The molecule has 21 heavy (non-hydrogen) atoms. The highest BCUT2D eigenvalue weighted by atomic mass is 16.2. The van der Waals surface area contributed by atoms with Crippen LogP contribution in [0.15, 0.2) is 35.6 Å². The minimum atomic E-state index is -0.640. The quantitative estimate of drug-likeness (QED) is 0.448. The average Bonchev–Trinajstić information content (AvgIpc) is 2.91. The van der Waals surface area contributed by atoms with Gasteiger partial charge in [-0.3, -0.25) is 9.59 Å². The molecule has 0 bridgehead atoms. The van der Waals surface area contributed by atoms with Crippen molar-refractivity contribution < 1.29 is 9.59 Å². The highest BCUT2D eigenvalue weighted by Crippen LogP contribution is 2.15. The summed E-state index contributed by atoms with van der Waals surface area (Å²) in [5, 5.41) is 7.67. The summed E-state index contributed by atoms with van der Waals surface area (Å²) in [6, 6.07) is 7.84. The van der Waals surface area contributed by atoms with Gasteiger partial charge in [0, 0.05) is 29.2 Å². The van der Waals surface area contributed by atoms with E-state index in [-0.39, 0.29) is 11.8 Å². The number of nitrogens with one attached hydrogen (secondary N) is 3. The fraction of sp³-hybridized carbons (Fsp3) is 0.267. The van der Waals surface area contributed by atoms with Crippen LogP contribution < -0.4 is 10.7 Å². The molecule has 0 saturated carbocycles. The van der Waals surface area contributed by atoms with Crippen molar-refractivity contribution in [1.29, 1.82) is 0 Å². The summed E-state index contributed by atoms with van der Waals surface area (Å²) in [4.78, 5) is 26.6. The fourth-order valence-corrected chi connectivity index (χ4v) is 2.47. The van der Waals surface area contributed by atoms with Gasteiger partial charge in [0.2, 0.25) is 5.91 Å². The van der Waals surface area contributed by atoms with Crippen molar-refractivity contribution in [2.45, 2.75) is 12.8 Å². The maximum absolute atomic E-state index is 11.9. The van der Waals surface area contributed by atoms with Crippen LogP contribution in [-0.4, -0.2) is 29.6 Å². The van der Waals surface area contributed by atoms with Crippen LogP contribution in [0.2, 0.25) is 0 Å². The van der Waals surface area contributed by atoms with Crippen LogP contribution in [0.1, 0.15) is 18.4 Å². The van der Waals surface area contributed by atoms with Crippen molar-refractivity contribution in [3.05, 3.63) is 36.0 Å². The molecule has 1 saturated heterocycles. The van der Waals surface area contributed by atoms with Crippen LogP contribution in [0, 0.1) is 5.92 Å². The predicted octanol–water partition coefficient (Wildman–Crippen LogP) is 1.14. The summed E-state index contributed by atoms with van der Waals surface area (Å²) < 4.78 is 0. The fourth-order valence-electron chi connectivity index (χ4n) is 2.47. The zero-order valence-electron chi connectivity index (χ0n) is 11.4. The first kappa shape index (κ1) is 13.4. The van der Waals surface area contributed by atoms with Crippen LogP contribution >= 0.6 is 0 Å². The zero-order valence-corrected chi connectivity index (χ0v) is 11.4. The van der Waals surface area contributed by atoms with E-state index in [9.17, 15) is 9.59 Å². The Hall–Kier alpha value is -2.63. The molecule has 1 fully saturated rings. The van der Waals surface area contributed by atoms with E-state index in [4.69, 9.17) is 0 Å². The molecule has 108 valence electrons. The van der Waals surface area contributed by atoms with Crippen LogP contribution in [0.3, 0.4) is 0 Å². The lowest BCUT2D eigenvalue weighted by atomic mass is 9.98. The van der Waals surface area contributed by atoms with Gasteiger partial charge in [0.15, 0.2) is 0 Å². The molecule has 1 atom stereocenters. The number of benzene rings is 1. The molecule has 0 radical (unpaired) electrons. The van der Waals surface area contributed by atoms with Gasteiger partial charge in [-0.1, -0.05) is 18.2 Å². The SMILES string of the molecule is O=C1NCCC[C@@H]1C(=O)N/N=C\c1c[nH]c2ccccc12. The standard InChI is InChI=1S/C15H16N4O2/c20-14-12(5-3-7-16-14)15(21)19-18-9-10-8-17-13-6-2-1-4-11(10)13/h1-2,4,6,8-9,12,17H,3,5,7H2,(H,16,20)(H,19,21)/b18-9-/t12-/m0/s1. The lowest BCUT2D eigenvalue weighted by molar-refractivity contribution is -0.136. The Kier molecular flexibility index (Phi) is 3.68. The molecule has 1 aliphatic heterocycles. The first-order valence-corrected chi connectivity index (χ1v) is 6.92. The number of aromatic nitrogens is 1. The summed E-state index contributed by atoms with van der Waals surface area (Å²) in [7, 11) is 0. The van der Waals surface area contributed by atoms with E-state index in [2.05, 4.69) is 20.8 Å². The number of hydrogen-bond acceptors (Lipinski definition) is 3. The van der Waals surface area contributed by atoms with Crippen LogP contribution in [0.25, 0.3) is 10.9 Å². The molecule has 0 spiro atoms. The molecule has 2 heterocycles. The lowest BCUT2D eigenvalue weighted by Gasteiger charge is -2.19. The van der Waals surface area contributed by atoms with Gasteiger partial charge in [0.25, 0.3) is 5.91 Å². The van der Waals surface area contributed by atoms with E-state index in [1.807, 2.05) is 30.5 Å². The van der Waals surface area contributed by atoms with Crippen LogP contribution in [0.4, 0.5) is 0 Å². The third kappa shape index (κ3) is 2.79. The number of rotatable bonds is 3. The number of piperidine rings is 1. The highest BCUT2D eigenvalue weighted by Gasteiger charge is 2.28. The topological polar surface area (TPSA) is 86.3 Å². The van der Waals surface area contributed by atoms with Gasteiger partial charge in [0.1, 0.15) is 5.92 Å². The van der Waals surface area contributed by atoms with Gasteiger partial charge in [-0.15, -0.1) is 0 Å². The number of H-pyrrole nitrogens is 1. The Morgan fingerprint density at radius 3 is 3.10 bits per heavy atom. The Morgan fingerprint density at radius 1 is 1.38 bits per heavy atom. The maximum atomic E-state index is 11.9. The van der Waals surface area contributed by atoms with Crippen molar-refractivity contribution in [2.75, 3.05) is 6.54 Å². The predicted molar refractivity (Wildman–Crippen MR) is 79.8 cm³/mol. The molecular formula is C15H16N4O2. The number of aromatic amines is 1. The van der Waals surface area contributed by atoms with E-state index >= 15 is 0 Å². The Labute approximate surface area is 121 Å². The summed E-state index contributed by atoms with van der Waals surface area (Å²) in [6.45, 7) is 0.640. The Morgan fingerprint density at radius 2 is 2.24 bits per heavy atom. The molecule has 6 heteroatoms. The van der Waals surface area contributed by atoms with Crippen LogP contribution in [0.5, 0.6) is 0 Å². The Balaban J connectivity index is 1.66. The monoisotopic (exact) mass is 284 g/mol. The van der Waals surface area contributed by atoms with Crippen molar-refractivity contribution in [2.24, 2.45) is 11.0 Å². The minimum absolute atomic E-state index is 0.221. The third-order valence-corrected chi connectivity index (χ3v) is 3.60. The van der Waals surface area contributed by atoms with E-state index in [1.165, 1.54) is 0 Å². The molecule has 2 amide bonds. The molecule has 0 unspecified atom stereocenters. The second-order valence-corrected chi connectivity index (χ2v) is 5.01. The lowest BCUT2D eigenvalue weighted by Crippen LogP contribution is -2.43. The molecule has 1 aromatic heterocycles. The van der Waals surface area contributed by atoms with E-state index in [0.29, 0.717) is 13.0 Å². The van der Waals surface area contributed by atoms with Crippen molar-refractivity contribution >= 4 is 28.9 Å². The zero-order chi connectivity index (χ0) is 14.7. The smallest absolute Gasteiger partial charge is 0.252 e. The number of hydrogen-bond donors (Lipinski definition) is 3. The number of carbonyl (C=O) groups excluding carboxylic acids is 2. The molecule has 0 aliphatic carbocycles. The van der Waals surface area contributed by atoms with E-state index in [1.54, 1.807) is 6.21 Å². The molecule has 3 N–H and O–H groups in total. The van der Waals surface area contributed by atoms with Gasteiger partial charge in [-0.2, -0.15) is 5.10 Å². The molecule has 6 nitrogen and oxygen atoms in total. The van der Waals surface area contributed by atoms with Crippen LogP contribution in [-0.2, 0) is 9.59 Å². The third-order valence-electron chi connectivity index (χ3n) is 3.60. The maximum Gasteiger partial charge on any atom is 0.252 e. The first-order chi connectivity index (χ1) is 10.3. The van der Waals surface area contributed by atoms with Gasteiger partial charge < -0.3 is 10.3 Å². The van der Waals surface area contributed by atoms with Crippen molar-refractivity contribution in [1.82, 2.24) is 15.7 Å². The number of hydrazone groups is 1. The minimum Gasteiger partial charge on any atom is -0.361 e. The average molecular weight is 284 g/mol. The van der Waals surface area contributed by atoms with E-state index in [0.717, 1.165) is 22.9 Å². The van der Waals surface area contributed by atoms with Gasteiger partial charge in [-0.05, 0) is 18.9 Å². The Bertz CT molecular complexity index is 705. The highest BCUT2D eigenvalue weighted by molar-refractivity contribution is 6.02. The first-order valence-electron chi connectivity index (χ1n) is 6.92. The molecule has 1 aliphatic rings. The largest absolute Gasteiger partial charge is 0.361 e. The summed E-state index contributed by atoms with van der Waals surface area (Å²) in [6.07, 6.45) is 4.79. The second-order valence-electron chi connectivity index (χ2n) is 5.01. The number of para-hydroxylation sites is 1. The van der Waals surface area contributed by atoms with E-state index < -0.39 is 5.92 Å². The summed E-state index contributed by atoms with van der Waals surface area (Å²) in [5.41, 5.74) is 4.34. The summed E-state index contributed by atoms with van der Waals surface area (Å²) in [5.74, 6) is -1.22. The normalized spacial score (nSPS) is 18.9. The molecule has 2 aromatic rings. The summed E-state index contributed by atoms with van der Waals surface area (Å²) >= 11 is 0. The van der Waals surface area contributed by atoms with Gasteiger partial charge in [0.05, 0.1) is 6.21 Å². The number of fused-ring (bicyclic) bond motifs is 1. The number of carbonyl (C=O) groups is 2.